The van der Waals surface area contributed by atoms with Crippen molar-refractivity contribution in [2.75, 3.05) is 5.32 Å². The summed E-state index contributed by atoms with van der Waals surface area (Å²) in [5, 5.41) is 11.4. The standard InChI is InChI=1S/C17H10F4N2OS/c18-14-3-1-2-10(15(14)19)8-11(9-22)16(24)23-12-4-6-13(7-5-12)25-17(20)21/h1-8,17H,(H,23,24). The number of carbonyl (C=O) groups is 1. The van der Waals surface area contributed by atoms with E-state index in [4.69, 9.17) is 5.26 Å². The number of nitrogens with zero attached hydrogens (tertiary/aromatic N) is 1. The van der Waals surface area contributed by atoms with Gasteiger partial charge in [0.05, 0.1) is 0 Å². The molecule has 0 radical (unpaired) electrons. The Hall–Kier alpha value is -2.79. The number of benzene rings is 2. The number of nitriles is 1. The highest BCUT2D eigenvalue weighted by molar-refractivity contribution is 7.99. The highest BCUT2D eigenvalue weighted by atomic mass is 32.2. The van der Waals surface area contributed by atoms with Crippen LogP contribution in [0.2, 0.25) is 0 Å². The van der Waals surface area contributed by atoms with E-state index in [-0.39, 0.29) is 11.3 Å². The van der Waals surface area contributed by atoms with Gasteiger partial charge < -0.3 is 5.32 Å². The van der Waals surface area contributed by atoms with Gasteiger partial charge in [0.25, 0.3) is 11.7 Å². The van der Waals surface area contributed by atoms with Crippen molar-refractivity contribution in [2.45, 2.75) is 10.7 Å². The summed E-state index contributed by atoms with van der Waals surface area (Å²) in [6.45, 7) is 0. The maximum Gasteiger partial charge on any atom is 0.288 e. The van der Waals surface area contributed by atoms with Crippen LogP contribution in [0.25, 0.3) is 6.08 Å². The molecule has 0 spiro atoms. The fraction of sp³-hybridized carbons (Fsp3) is 0.0588. The smallest absolute Gasteiger partial charge is 0.288 e. The van der Waals surface area contributed by atoms with Crippen molar-refractivity contribution in [2.24, 2.45) is 0 Å². The molecule has 25 heavy (non-hydrogen) atoms. The molecule has 1 N–H and O–H groups in total. The van der Waals surface area contributed by atoms with E-state index in [0.29, 0.717) is 16.7 Å². The van der Waals surface area contributed by atoms with Crippen LogP contribution >= 0.6 is 11.8 Å². The Labute approximate surface area is 145 Å². The molecule has 0 bridgehead atoms. The molecule has 0 saturated heterocycles. The average Bonchev–Trinajstić information content (AvgIpc) is 2.57. The molecular weight excluding hydrogens is 356 g/mol. The van der Waals surface area contributed by atoms with Crippen LogP contribution in [0.1, 0.15) is 5.56 Å². The highest BCUT2D eigenvalue weighted by Gasteiger charge is 2.13. The average molecular weight is 366 g/mol. The van der Waals surface area contributed by atoms with Crippen LogP contribution < -0.4 is 5.32 Å². The Bertz CT molecular complexity index is 845. The number of rotatable bonds is 5. The van der Waals surface area contributed by atoms with Gasteiger partial charge in [-0.3, -0.25) is 4.79 Å². The molecule has 8 heteroatoms. The van der Waals surface area contributed by atoms with Gasteiger partial charge in [0.1, 0.15) is 11.6 Å². The SMILES string of the molecule is N#CC(=Cc1cccc(F)c1F)C(=O)Nc1ccc(SC(F)F)cc1. The molecule has 3 nitrogen and oxygen atoms in total. The topological polar surface area (TPSA) is 52.9 Å². The van der Waals surface area contributed by atoms with E-state index in [1.165, 1.54) is 36.4 Å². The lowest BCUT2D eigenvalue weighted by Crippen LogP contribution is -2.13. The fourth-order valence-corrected chi connectivity index (χ4v) is 2.35. The fourth-order valence-electron chi connectivity index (χ4n) is 1.85. The normalized spacial score (nSPS) is 11.3. The van der Waals surface area contributed by atoms with Gasteiger partial charge in [-0.2, -0.15) is 14.0 Å². The predicted octanol–water partition coefficient (Wildman–Crippen LogP) is 4.83. The number of halogens is 4. The summed E-state index contributed by atoms with van der Waals surface area (Å²) in [5.74, 6) is -5.66. The first kappa shape index (κ1) is 18.5. The largest absolute Gasteiger partial charge is 0.321 e. The van der Waals surface area contributed by atoms with Gasteiger partial charge in [-0.05, 0) is 36.4 Å². The molecule has 0 saturated carbocycles. The molecule has 0 fully saturated rings. The van der Waals surface area contributed by atoms with E-state index in [1.54, 1.807) is 6.07 Å². The molecular formula is C17H10F4N2OS. The molecule has 0 heterocycles. The van der Waals surface area contributed by atoms with Crippen LogP contribution in [0.3, 0.4) is 0 Å². The van der Waals surface area contributed by atoms with Crippen LogP contribution in [0.15, 0.2) is 52.9 Å². The van der Waals surface area contributed by atoms with E-state index >= 15 is 0 Å². The summed E-state index contributed by atoms with van der Waals surface area (Å²) in [7, 11) is 0. The van der Waals surface area contributed by atoms with Crippen molar-refractivity contribution >= 4 is 29.4 Å². The van der Waals surface area contributed by atoms with Gasteiger partial charge in [0.2, 0.25) is 0 Å². The molecule has 1 amide bonds. The number of amides is 1. The number of carbonyl (C=O) groups excluding carboxylic acids is 1. The zero-order chi connectivity index (χ0) is 18.4. The Kier molecular flexibility index (Phi) is 6.19. The highest BCUT2D eigenvalue weighted by Crippen LogP contribution is 2.26. The molecule has 2 rings (SSSR count). The quantitative estimate of drug-likeness (QED) is 0.357. The first-order valence-electron chi connectivity index (χ1n) is 6.82. The summed E-state index contributed by atoms with van der Waals surface area (Å²) < 4.78 is 51.3. The number of alkyl halides is 2. The van der Waals surface area contributed by atoms with Gasteiger partial charge in [0.15, 0.2) is 11.6 Å². The minimum atomic E-state index is -2.56. The van der Waals surface area contributed by atoms with Crippen molar-refractivity contribution in [1.82, 2.24) is 0 Å². The van der Waals surface area contributed by atoms with E-state index in [1.807, 2.05) is 0 Å². The monoisotopic (exact) mass is 366 g/mol. The second-order valence-corrected chi connectivity index (χ2v) is 5.73. The van der Waals surface area contributed by atoms with E-state index in [9.17, 15) is 22.4 Å². The lowest BCUT2D eigenvalue weighted by atomic mass is 10.1. The van der Waals surface area contributed by atoms with Crippen LogP contribution in [-0.2, 0) is 4.79 Å². The molecule has 0 unspecified atom stereocenters. The minimum Gasteiger partial charge on any atom is -0.321 e. The van der Waals surface area contributed by atoms with Gasteiger partial charge in [-0.25, -0.2) is 8.78 Å². The van der Waals surface area contributed by atoms with Gasteiger partial charge in [-0.15, -0.1) is 0 Å². The zero-order valence-corrected chi connectivity index (χ0v) is 13.3. The summed E-state index contributed by atoms with van der Waals surface area (Å²) in [4.78, 5) is 12.4. The molecule has 0 aliphatic carbocycles. The van der Waals surface area contributed by atoms with Crippen LogP contribution in [0.5, 0.6) is 0 Å². The summed E-state index contributed by atoms with van der Waals surface area (Å²) >= 11 is 0.355. The molecule has 2 aromatic carbocycles. The lowest BCUT2D eigenvalue weighted by molar-refractivity contribution is -0.112. The lowest BCUT2D eigenvalue weighted by Gasteiger charge is -2.06. The maximum absolute atomic E-state index is 13.6. The molecule has 0 aromatic heterocycles. The first-order valence-corrected chi connectivity index (χ1v) is 7.70. The van der Waals surface area contributed by atoms with Crippen molar-refractivity contribution < 1.29 is 22.4 Å². The predicted molar refractivity (Wildman–Crippen MR) is 86.9 cm³/mol. The molecule has 0 aliphatic heterocycles. The molecule has 128 valence electrons. The van der Waals surface area contributed by atoms with Crippen molar-refractivity contribution in [1.29, 1.82) is 5.26 Å². The third kappa shape index (κ3) is 5.09. The Morgan fingerprint density at radius 2 is 1.84 bits per heavy atom. The zero-order valence-electron chi connectivity index (χ0n) is 12.5. The van der Waals surface area contributed by atoms with Crippen LogP contribution in [0.4, 0.5) is 23.2 Å². The number of anilines is 1. The Morgan fingerprint density at radius 3 is 2.44 bits per heavy atom. The van der Waals surface area contributed by atoms with Crippen molar-refractivity contribution in [3.8, 4) is 6.07 Å². The summed E-state index contributed by atoms with van der Waals surface area (Å²) in [5.41, 5.74) is -0.407. The van der Waals surface area contributed by atoms with Crippen molar-refractivity contribution in [3.05, 3.63) is 65.2 Å². The number of hydrogen-bond donors (Lipinski definition) is 1. The number of nitrogens with one attached hydrogen (secondary N) is 1. The minimum absolute atomic E-state index is 0.240. The van der Waals surface area contributed by atoms with E-state index in [2.05, 4.69) is 5.32 Å². The van der Waals surface area contributed by atoms with Crippen LogP contribution in [-0.4, -0.2) is 11.7 Å². The number of thioether (sulfide) groups is 1. The molecule has 0 atom stereocenters. The van der Waals surface area contributed by atoms with Crippen molar-refractivity contribution in [3.63, 3.8) is 0 Å². The van der Waals surface area contributed by atoms with E-state index < -0.39 is 28.9 Å². The third-order valence-electron chi connectivity index (χ3n) is 2.98. The Morgan fingerprint density at radius 1 is 1.16 bits per heavy atom. The van der Waals surface area contributed by atoms with E-state index in [0.717, 1.165) is 12.1 Å². The van der Waals surface area contributed by atoms with Gasteiger partial charge in [-0.1, -0.05) is 23.9 Å². The summed E-state index contributed by atoms with van der Waals surface area (Å²) in [6, 6.07) is 10.5. The second kappa shape index (κ2) is 8.35. The second-order valence-electron chi connectivity index (χ2n) is 4.67. The van der Waals surface area contributed by atoms with Gasteiger partial charge >= 0.3 is 0 Å². The molecule has 2 aromatic rings. The summed E-state index contributed by atoms with van der Waals surface area (Å²) in [6.07, 6.45) is 0.925. The van der Waals surface area contributed by atoms with Crippen LogP contribution in [0, 0.1) is 23.0 Å². The number of hydrogen-bond acceptors (Lipinski definition) is 3. The third-order valence-corrected chi connectivity index (χ3v) is 3.71. The first-order chi connectivity index (χ1) is 11.9. The Balaban J connectivity index is 2.16. The molecule has 0 aliphatic rings. The van der Waals surface area contributed by atoms with Gasteiger partial charge in [0, 0.05) is 16.1 Å². The maximum atomic E-state index is 13.6.